The number of ether oxygens (including phenoxy) is 1. The van der Waals surface area contributed by atoms with Crippen LogP contribution in [-0.4, -0.2) is 38.9 Å². The second-order valence-electron chi connectivity index (χ2n) is 4.52. The second kappa shape index (κ2) is 6.96. The van der Waals surface area contributed by atoms with Gasteiger partial charge in [0.15, 0.2) is 0 Å². The van der Waals surface area contributed by atoms with Gasteiger partial charge in [-0.1, -0.05) is 0 Å². The summed E-state index contributed by atoms with van der Waals surface area (Å²) in [6, 6.07) is 6.16. The van der Waals surface area contributed by atoms with Crippen LogP contribution in [0.5, 0.6) is 0 Å². The van der Waals surface area contributed by atoms with Crippen molar-refractivity contribution in [1.29, 1.82) is 0 Å². The lowest BCUT2D eigenvalue weighted by molar-refractivity contribution is -0.384. The Morgan fingerprint density at radius 3 is 2.76 bits per heavy atom. The molecule has 1 atom stereocenters. The Morgan fingerprint density at radius 1 is 1.43 bits per heavy atom. The summed E-state index contributed by atoms with van der Waals surface area (Å²) < 4.78 is 6.97. The largest absolute Gasteiger partial charge is 0.389 e. The molecule has 0 fully saturated rings. The van der Waals surface area contributed by atoms with Crippen LogP contribution in [0.3, 0.4) is 0 Å². The quantitative estimate of drug-likeness (QED) is 0.621. The van der Waals surface area contributed by atoms with Crippen molar-refractivity contribution in [2.75, 3.05) is 13.2 Å². The molecule has 1 N–H and O–H groups in total. The summed E-state index contributed by atoms with van der Waals surface area (Å²) in [6.07, 6.45) is 2.76. The normalized spacial score (nSPS) is 12.3. The Morgan fingerprint density at radius 2 is 2.14 bits per heavy atom. The molecule has 0 aliphatic rings. The van der Waals surface area contributed by atoms with E-state index in [1.54, 1.807) is 29.1 Å². The lowest BCUT2D eigenvalue weighted by atomic mass is 10.2. The van der Waals surface area contributed by atoms with Crippen LogP contribution < -0.4 is 0 Å². The van der Waals surface area contributed by atoms with E-state index in [0.717, 1.165) is 5.56 Å². The van der Waals surface area contributed by atoms with Gasteiger partial charge in [0, 0.05) is 36.7 Å². The van der Waals surface area contributed by atoms with E-state index in [0.29, 0.717) is 19.0 Å². The average molecular weight is 291 g/mol. The fraction of sp³-hybridized carbons (Fsp3) is 0.357. The molecule has 2 aromatic rings. The Bertz CT molecular complexity index is 595. The molecule has 0 radical (unpaired) electrons. The van der Waals surface area contributed by atoms with E-state index in [9.17, 15) is 15.2 Å². The lowest BCUT2D eigenvalue weighted by Crippen LogP contribution is -2.22. The van der Waals surface area contributed by atoms with Gasteiger partial charge < -0.3 is 14.4 Å². The number of nitro groups is 1. The molecule has 1 heterocycles. The highest BCUT2D eigenvalue weighted by atomic mass is 16.6. The Labute approximate surface area is 122 Å². The third kappa shape index (κ3) is 3.87. The molecule has 0 bridgehead atoms. The number of imidazole rings is 1. The first-order valence-electron chi connectivity index (χ1n) is 6.63. The van der Waals surface area contributed by atoms with Gasteiger partial charge in [0.25, 0.3) is 5.69 Å². The maximum atomic E-state index is 10.6. The Hall–Kier alpha value is -2.25. The predicted octanol–water partition coefficient (Wildman–Crippen LogP) is 1.86. The second-order valence-corrected chi connectivity index (χ2v) is 4.52. The minimum absolute atomic E-state index is 0.0354. The smallest absolute Gasteiger partial charge is 0.269 e. The van der Waals surface area contributed by atoms with Gasteiger partial charge in [0.1, 0.15) is 5.82 Å². The highest BCUT2D eigenvalue weighted by molar-refractivity contribution is 5.57. The topological polar surface area (TPSA) is 90.4 Å². The van der Waals surface area contributed by atoms with Crippen molar-refractivity contribution in [3.05, 3.63) is 46.8 Å². The third-order valence-corrected chi connectivity index (χ3v) is 2.97. The van der Waals surface area contributed by atoms with Crippen LogP contribution in [0.25, 0.3) is 11.4 Å². The summed E-state index contributed by atoms with van der Waals surface area (Å²) in [7, 11) is 0. The number of aliphatic hydroxyl groups excluding tert-OH is 1. The van der Waals surface area contributed by atoms with E-state index in [4.69, 9.17) is 4.74 Å². The van der Waals surface area contributed by atoms with Crippen molar-refractivity contribution in [1.82, 2.24) is 9.55 Å². The first kappa shape index (κ1) is 15.1. The van der Waals surface area contributed by atoms with E-state index < -0.39 is 11.0 Å². The summed E-state index contributed by atoms with van der Waals surface area (Å²) >= 11 is 0. The summed E-state index contributed by atoms with van der Waals surface area (Å²) in [6.45, 7) is 3.03. The Balaban J connectivity index is 2.14. The maximum absolute atomic E-state index is 10.6. The van der Waals surface area contributed by atoms with Crippen LogP contribution in [0.4, 0.5) is 5.69 Å². The number of rotatable bonds is 7. The minimum atomic E-state index is -0.629. The summed E-state index contributed by atoms with van der Waals surface area (Å²) in [5.74, 6) is 0.653. The van der Waals surface area contributed by atoms with Crippen LogP contribution in [0.1, 0.15) is 6.92 Å². The van der Waals surface area contributed by atoms with Crippen molar-refractivity contribution in [3.63, 3.8) is 0 Å². The van der Waals surface area contributed by atoms with E-state index in [1.807, 2.05) is 6.92 Å². The third-order valence-electron chi connectivity index (χ3n) is 2.97. The van der Waals surface area contributed by atoms with Crippen molar-refractivity contribution in [3.8, 4) is 11.4 Å². The van der Waals surface area contributed by atoms with E-state index in [2.05, 4.69) is 4.98 Å². The molecule has 0 saturated carbocycles. The predicted molar refractivity (Wildman–Crippen MR) is 76.8 cm³/mol. The van der Waals surface area contributed by atoms with Crippen molar-refractivity contribution in [2.45, 2.75) is 19.6 Å². The van der Waals surface area contributed by atoms with Gasteiger partial charge >= 0.3 is 0 Å². The summed E-state index contributed by atoms with van der Waals surface area (Å²) in [5, 5.41) is 20.5. The van der Waals surface area contributed by atoms with E-state index in [-0.39, 0.29) is 12.3 Å². The van der Waals surface area contributed by atoms with E-state index in [1.165, 1.54) is 12.1 Å². The number of aromatic nitrogens is 2. The number of benzene rings is 1. The molecule has 1 aromatic heterocycles. The van der Waals surface area contributed by atoms with Gasteiger partial charge in [-0.2, -0.15) is 0 Å². The zero-order chi connectivity index (χ0) is 15.2. The van der Waals surface area contributed by atoms with Crippen molar-refractivity contribution >= 4 is 5.69 Å². The molecular formula is C14H17N3O4. The molecule has 0 aliphatic heterocycles. The molecule has 112 valence electrons. The molecule has 7 nitrogen and oxygen atoms in total. The molecule has 1 aromatic carbocycles. The number of nitro benzene ring substituents is 1. The molecule has 7 heteroatoms. The Kier molecular flexibility index (Phi) is 5.02. The van der Waals surface area contributed by atoms with Crippen molar-refractivity contribution < 1.29 is 14.8 Å². The van der Waals surface area contributed by atoms with Crippen LogP contribution in [0.2, 0.25) is 0 Å². The number of non-ortho nitro benzene ring substituents is 1. The molecule has 0 spiro atoms. The van der Waals surface area contributed by atoms with Crippen LogP contribution in [-0.2, 0) is 11.3 Å². The summed E-state index contributed by atoms with van der Waals surface area (Å²) in [5.41, 5.74) is 0.794. The first-order valence-corrected chi connectivity index (χ1v) is 6.63. The van der Waals surface area contributed by atoms with Gasteiger partial charge in [0.05, 0.1) is 24.2 Å². The number of aliphatic hydroxyl groups is 1. The fourth-order valence-electron chi connectivity index (χ4n) is 1.98. The van der Waals surface area contributed by atoms with Gasteiger partial charge in [-0.05, 0) is 19.1 Å². The minimum Gasteiger partial charge on any atom is -0.389 e. The van der Waals surface area contributed by atoms with Crippen LogP contribution in [0.15, 0.2) is 36.7 Å². The van der Waals surface area contributed by atoms with Crippen LogP contribution in [0, 0.1) is 10.1 Å². The molecule has 2 rings (SSSR count). The highest BCUT2D eigenvalue weighted by Gasteiger charge is 2.12. The van der Waals surface area contributed by atoms with Gasteiger partial charge in [-0.3, -0.25) is 10.1 Å². The highest BCUT2D eigenvalue weighted by Crippen LogP contribution is 2.21. The molecule has 0 unspecified atom stereocenters. The van der Waals surface area contributed by atoms with Gasteiger partial charge in [-0.25, -0.2) is 4.98 Å². The SMILES string of the molecule is CCOC[C@@H](O)Cn1ccnc1-c1ccc([N+](=O)[O-])cc1. The van der Waals surface area contributed by atoms with E-state index >= 15 is 0 Å². The van der Waals surface area contributed by atoms with Crippen LogP contribution >= 0.6 is 0 Å². The average Bonchev–Trinajstić information content (AvgIpc) is 2.93. The molecule has 21 heavy (non-hydrogen) atoms. The number of hydrogen-bond acceptors (Lipinski definition) is 5. The molecule has 0 aliphatic carbocycles. The fourth-order valence-corrected chi connectivity index (χ4v) is 1.98. The van der Waals surface area contributed by atoms with Gasteiger partial charge in [0.2, 0.25) is 0 Å². The maximum Gasteiger partial charge on any atom is 0.269 e. The van der Waals surface area contributed by atoms with Gasteiger partial charge in [-0.15, -0.1) is 0 Å². The number of nitrogens with zero attached hydrogens (tertiary/aromatic N) is 3. The number of hydrogen-bond donors (Lipinski definition) is 1. The zero-order valence-electron chi connectivity index (χ0n) is 11.7. The monoisotopic (exact) mass is 291 g/mol. The summed E-state index contributed by atoms with van der Waals surface area (Å²) in [4.78, 5) is 14.4. The standard InChI is InChI=1S/C14H17N3O4/c1-2-21-10-13(18)9-16-8-7-15-14(16)11-3-5-12(6-4-11)17(19)20/h3-8,13,18H,2,9-10H2,1H3/t13-/m0/s1. The molecule has 0 amide bonds. The zero-order valence-corrected chi connectivity index (χ0v) is 11.7. The molecular weight excluding hydrogens is 274 g/mol. The first-order chi connectivity index (χ1) is 10.1. The lowest BCUT2D eigenvalue weighted by Gasteiger charge is -2.13. The van der Waals surface area contributed by atoms with Crippen molar-refractivity contribution in [2.24, 2.45) is 0 Å². The molecule has 0 saturated heterocycles.